The van der Waals surface area contributed by atoms with E-state index in [2.05, 4.69) is 9.71 Å². The molecular formula is C14H19N3O2S2. The highest BCUT2D eigenvalue weighted by Gasteiger charge is 2.20. The Hall–Kier alpha value is -1.44. The number of rotatable bonds is 5. The molecule has 114 valence electrons. The number of nitrogens with two attached hydrogens (primary N) is 1. The van der Waals surface area contributed by atoms with Gasteiger partial charge in [-0.15, -0.1) is 11.3 Å². The van der Waals surface area contributed by atoms with Gasteiger partial charge in [0.2, 0.25) is 10.0 Å². The van der Waals surface area contributed by atoms with E-state index in [4.69, 9.17) is 5.73 Å². The molecule has 0 saturated heterocycles. The summed E-state index contributed by atoms with van der Waals surface area (Å²) >= 11 is 1.52. The van der Waals surface area contributed by atoms with E-state index in [0.717, 1.165) is 21.9 Å². The topological polar surface area (TPSA) is 85.1 Å². The third-order valence-electron chi connectivity index (χ3n) is 3.17. The minimum absolute atomic E-state index is 0.216. The summed E-state index contributed by atoms with van der Waals surface area (Å²) in [6.45, 7) is 5.62. The van der Waals surface area contributed by atoms with Crippen LogP contribution in [0.4, 0.5) is 5.69 Å². The van der Waals surface area contributed by atoms with Gasteiger partial charge in [0.15, 0.2) is 0 Å². The summed E-state index contributed by atoms with van der Waals surface area (Å²) in [5.41, 5.74) is 7.04. The standard InChI is InChI=1S/C14H19N3O2S2/c1-4-11-8-16-14(20-11)10(3)17-21(18,19)12-5-6-13(15)9(2)7-12/h5-8,10,17H,4,15H2,1-3H3. The first-order valence-corrected chi connectivity index (χ1v) is 8.96. The lowest BCUT2D eigenvalue weighted by atomic mass is 10.2. The molecule has 0 aliphatic carbocycles. The molecule has 1 aromatic carbocycles. The number of hydrogen-bond acceptors (Lipinski definition) is 5. The van der Waals surface area contributed by atoms with Gasteiger partial charge in [0.25, 0.3) is 0 Å². The molecule has 5 nitrogen and oxygen atoms in total. The fraction of sp³-hybridized carbons (Fsp3) is 0.357. The van der Waals surface area contributed by atoms with Gasteiger partial charge >= 0.3 is 0 Å². The first-order chi connectivity index (χ1) is 9.83. The molecule has 0 radical (unpaired) electrons. The molecule has 1 heterocycles. The Morgan fingerprint density at radius 3 is 2.71 bits per heavy atom. The number of anilines is 1. The third kappa shape index (κ3) is 3.61. The number of benzene rings is 1. The maximum Gasteiger partial charge on any atom is 0.241 e. The first-order valence-electron chi connectivity index (χ1n) is 6.66. The molecule has 0 aliphatic heterocycles. The molecule has 3 N–H and O–H groups in total. The van der Waals surface area contributed by atoms with E-state index in [1.54, 1.807) is 32.2 Å². The highest BCUT2D eigenvalue weighted by atomic mass is 32.2. The Balaban J connectivity index is 2.22. The second-order valence-corrected chi connectivity index (χ2v) is 7.74. The van der Waals surface area contributed by atoms with Gasteiger partial charge in [0, 0.05) is 16.8 Å². The van der Waals surface area contributed by atoms with E-state index in [9.17, 15) is 8.42 Å². The van der Waals surface area contributed by atoms with Crippen LogP contribution < -0.4 is 10.5 Å². The van der Waals surface area contributed by atoms with Crippen LogP contribution in [0.15, 0.2) is 29.3 Å². The number of aryl methyl sites for hydroxylation is 2. The summed E-state index contributed by atoms with van der Waals surface area (Å²) in [5.74, 6) is 0. The number of nitrogen functional groups attached to an aromatic ring is 1. The lowest BCUT2D eigenvalue weighted by molar-refractivity contribution is 0.566. The zero-order chi connectivity index (χ0) is 15.6. The zero-order valence-electron chi connectivity index (χ0n) is 12.3. The average molecular weight is 325 g/mol. The molecule has 1 unspecified atom stereocenters. The molecule has 1 atom stereocenters. The number of thiazole rings is 1. The molecule has 7 heteroatoms. The van der Waals surface area contributed by atoms with Gasteiger partial charge < -0.3 is 5.73 Å². The molecule has 2 aromatic rings. The van der Waals surface area contributed by atoms with Crippen LogP contribution in [0.3, 0.4) is 0 Å². The molecule has 0 spiro atoms. The van der Waals surface area contributed by atoms with Crippen LogP contribution in [0.1, 0.15) is 35.3 Å². The smallest absolute Gasteiger partial charge is 0.241 e. The van der Waals surface area contributed by atoms with E-state index in [1.807, 2.05) is 6.92 Å². The largest absolute Gasteiger partial charge is 0.399 e. The van der Waals surface area contributed by atoms with Crippen molar-refractivity contribution in [2.45, 2.75) is 38.1 Å². The Morgan fingerprint density at radius 2 is 2.14 bits per heavy atom. The fourth-order valence-electron chi connectivity index (χ4n) is 1.85. The van der Waals surface area contributed by atoms with Gasteiger partial charge in [0.1, 0.15) is 5.01 Å². The molecule has 0 aliphatic rings. The van der Waals surface area contributed by atoms with Gasteiger partial charge in [-0.3, -0.25) is 0 Å². The van der Waals surface area contributed by atoms with Crippen molar-refractivity contribution in [1.29, 1.82) is 0 Å². The van der Waals surface area contributed by atoms with E-state index in [-0.39, 0.29) is 10.9 Å². The molecule has 0 saturated carbocycles. The van der Waals surface area contributed by atoms with Crippen LogP contribution in [-0.4, -0.2) is 13.4 Å². The van der Waals surface area contributed by atoms with Crippen molar-refractivity contribution in [1.82, 2.24) is 9.71 Å². The lowest BCUT2D eigenvalue weighted by Crippen LogP contribution is -2.26. The number of nitrogens with zero attached hydrogens (tertiary/aromatic N) is 1. The van der Waals surface area contributed by atoms with Crippen LogP contribution in [0.2, 0.25) is 0 Å². The minimum Gasteiger partial charge on any atom is -0.399 e. The van der Waals surface area contributed by atoms with Gasteiger partial charge in [-0.1, -0.05) is 6.92 Å². The molecule has 21 heavy (non-hydrogen) atoms. The summed E-state index contributed by atoms with van der Waals surface area (Å²) in [7, 11) is -3.58. The maximum atomic E-state index is 12.4. The summed E-state index contributed by atoms with van der Waals surface area (Å²) in [5, 5.41) is 0.766. The zero-order valence-corrected chi connectivity index (χ0v) is 13.9. The third-order valence-corrected chi connectivity index (χ3v) is 6.04. The molecule has 0 amide bonds. The quantitative estimate of drug-likeness (QED) is 0.828. The molecule has 0 bridgehead atoms. The number of hydrogen-bond donors (Lipinski definition) is 2. The van der Waals surface area contributed by atoms with Crippen molar-refractivity contribution >= 4 is 27.0 Å². The van der Waals surface area contributed by atoms with Crippen molar-refractivity contribution in [3.63, 3.8) is 0 Å². The van der Waals surface area contributed by atoms with E-state index in [1.165, 1.54) is 17.4 Å². The van der Waals surface area contributed by atoms with Gasteiger partial charge in [-0.25, -0.2) is 18.1 Å². The molecule has 0 fully saturated rings. The molecule has 2 rings (SSSR count). The van der Waals surface area contributed by atoms with E-state index >= 15 is 0 Å². The normalized spacial score (nSPS) is 13.3. The van der Waals surface area contributed by atoms with Crippen molar-refractivity contribution in [2.24, 2.45) is 0 Å². The van der Waals surface area contributed by atoms with Crippen LogP contribution in [0, 0.1) is 6.92 Å². The monoisotopic (exact) mass is 325 g/mol. The summed E-state index contributed by atoms with van der Waals surface area (Å²) in [6.07, 6.45) is 2.69. The van der Waals surface area contributed by atoms with Crippen molar-refractivity contribution < 1.29 is 8.42 Å². The number of aromatic nitrogens is 1. The highest BCUT2D eigenvalue weighted by Crippen LogP contribution is 2.23. The Bertz CT molecular complexity index is 738. The Morgan fingerprint density at radius 1 is 1.43 bits per heavy atom. The summed E-state index contributed by atoms with van der Waals surface area (Å²) in [6, 6.07) is 4.33. The number of nitrogens with one attached hydrogen (secondary N) is 1. The van der Waals surface area contributed by atoms with E-state index in [0.29, 0.717) is 5.69 Å². The molecular weight excluding hydrogens is 306 g/mol. The summed E-state index contributed by atoms with van der Waals surface area (Å²) < 4.78 is 27.4. The highest BCUT2D eigenvalue weighted by molar-refractivity contribution is 7.89. The average Bonchev–Trinajstić information content (AvgIpc) is 2.90. The predicted octanol–water partition coefficient (Wildman–Crippen LogP) is 2.64. The van der Waals surface area contributed by atoms with Gasteiger partial charge in [0.05, 0.1) is 10.9 Å². The first kappa shape index (κ1) is 15.9. The van der Waals surface area contributed by atoms with Gasteiger partial charge in [-0.2, -0.15) is 0 Å². The van der Waals surface area contributed by atoms with Crippen molar-refractivity contribution in [2.75, 3.05) is 5.73 Å². The molecule has 1 aromatic heterocycles. The predicted molar refractivity (Wildman–Crippen MR) is 85.8 cm³/mol. The van der Waals surface area contributed by atoms with Crippen molar-refractivity contribution in [3.05, 3.63) is 39.8 Å². The second-order valence-electron chi connectivity index (χ2n) is 4.88. The Labute approximate surface area is 129 Å². The van der Waals surface area contributed by atoms with Crippen LogP contribution in [-0.2, 0) is 16.4 Å². The van der Waals surface area contributed by atoms with E-state index < -0.39 is 10.0 Å². The van der Waals surface area contributed by atoms with Gasteiger partial charge in [-0.05, 0) is 44.0 Å². The lowest BCUT2D eigenvalue weighted by Gasteiger charge is -2.13. The number of sulfonamides is 1. The van der Waals surface area contributed by atoms with Crippen LogP contribution >= 0.6 is 11.3 Å². The SMILES string of the molecule is CCc1cnc(C(C)NS(=O)(=O)c2ccc(N)c(C)c2)s1. The van der Waals surface area contributed by atoms with Crippen molar-refractivity contribution in [3.8, 4) is 0 Å². The second kappa shape index (κ2) is 6.13. The van der Waals surface area contributed by atoms with Crippen LogP contribution in [0.5, 0.6) is 0 Å². The maximum absolute atomic E-state index is 12.4. The van der Waals surface area contributed by atoms with Crippen LogP contribution in [0.25, 0.3) is 0 Å². The summed E-state index contributed by atoms with van der Waals surface area (Å²) in [4.78, 5) is 5.62. The minimum atomic E-state index is -3.58. The Kier molecular flexibility index (Phi) is 4.65. The fourth-order valence-corrected chi connectivity index (χ4v) is 4.08.